The minimum absolute atomic E-state index is 0.0610. The fourth-order valence-corrected chi connectivity index (χ4v) is 7.87. The van der Waals surface area contributed by atoms with Crippen LogP contribution in [0.1, 0.15) is 83.8 Å². The highest BCUT2D eigenvalue weighted by molar-refractivity contribution is 7.89. The minimum Gasteiger partial charge on any atom is -0.356 e. The summed E-state index contributed by atoms with van der Waals surface area (Å²) in [5.74, 6) is 0.240. The molecule has 0 aliphatic heterocycles. The van der Waals surface area contributed by atoms with Crippen LogP contribution >= 0.6 is 11.3 Å². The van der Waals surface area contributed by atoms with Crippen LogP contribution < -0.4 is 20.7 Å². The minimum atomic E-state index is -3.95. The van der Waals surface area contributed by atoms with Gasteiger partial charge in [0.05, 0.1) is 32.6 Å². The van der Waals surface area contributed by atoms with Crippen molar-refractivity contribution in [1.82, 2.24) is 25.3 Å². The molecule has 1 aromatic carbocycles. The number of aromatic nitrogens is 2. The van der Waals surface area contributed by atoms with E-state index in [1.165, 1.54) is 17.4 Å². The molecule has 240 valence electrons. The maximum atomic E-state index is 13.6. The second kappa shape index (κ2) is 14.0. The lowest BCUT2D eigenvalue weighted by atomic mass is 9.86. The van der Waals surface area contributed by atoms with E-state index in [1.807, 2.05) is 26.8 Å². The van der Waals surface area contributed by atoms with Gasteiger partial charge in [-0.2, -0.15) is 0 Å². The second-order valence-corrected chi connectivity index (χ2v) is 15.8. The number of sulfonamides is 1. The van der Waals surface area contributed by atoms with Crippen LogP contribution in [0.5, 0.6) is 0 Å². The third kappa shape index (κ3) is 10.0. The van der Waals surface area contributed by atoms with Gasteiger partial charge in [-0.3, -0.25) is 10.3 Å². The number of urea groups is 1. The molecule has 4 rings (SSSR count). The average Bonchev–Trinajstić information content (AvgIpc) is 3.41. The van der Waals surface area contributed by atoms with E-state index in [0.717, 1.165) is 35.6 Å². The van der Waals surface area contributed by atoms with E-state index >= 15 is 0 Å². The second-order valence-electron chi connectivity index (χ2n) is 13.1. The Bertz CT molecular complexity index is 1510. The van der Waals surface area contributed by atoms with Crippen LogP contribution in [-0.4, -0.2) is 53.1 Å². The van der Waals surface area contributed by atoms with Crippen LogP contribution in [-0.2, 0) is 21.3 Å². The Hall–Kier alpha value is -2.94. The van der Waals surface area contributed by atoms with E-state index in [0.29, 0.717) is 16.9 Å². The van der Waals surface area contributed by atoms with Gasteiger partial charge in [-0.15, -0.1) is 11.3 Å². The number of pyridine rings is 1. The van der Waals surface area contributed by atoms with Gasteiger partial charge in [0.2, 0.25) is 16.4 Å². The molecule has 1 fully saturated rings. The summed E-state index contributed by atoms with van der Waals surface area (Å²) in [6.07, 6.45) is 5.86. The molecule has 2 aromatic heterocycles. The van der Waals surface area contributed by atoms with Gasteiger partial charge >= 0.3 is 6.03 Å². The molecule has 2 heterocycles. The molecule has 0 bridgehead atoms. The van der Waals surface area contributed by atoms with Crippen molar-refractivity contribution in [1.29, 1.82) is 0 Å². The molecule has 1 atom stereocenters. The molecule has 0 spiro atoms. The van der Waals surface area contributed by atoms with E-state index in [4.69, 9.17) is 9.72 Å². The number of amides is 2. The van der Waals surface area contributed by atoms with Gasteiger partial charge in [-0.25, -0.2) is 22.9 Å². The van der Waals surface area contributed by atoms with E-state index in [9.17, 15) is 18.3 Å². The molecule has 1 aliphatic carbocycles. The van der Waals surface area contributed by atoms with E-state index in [1.54, 1.807) is 57.4 Å². The van der Waals surface area contributed by atoms with Gasteiger partial charge < -0.3 is 20.5 Å². The van der Waals surface area contributed by atoms with Crippen molar-refractivity contribution in [2.24, 2.45) is 0 Å². The number of rotatable bonds is 10. The van der Waals surface area contributed by atoms with Crippen LogP contribution in [0.3, 0.4) is 0 Å². The van der Waals surface area contributed by atoms with E-state index in [2.05, 4.69) is 25.7 Å². The molecule has 5 N–H and O–H groups in total. The first-order chi connectivity index (χ1) is 20.6. The number of nitrogens with zero attached hydrogens (tertiary/aromatic N) is 2. The third-order valence-electron chi connectivity index (χ3n) is 6.83. The zero-order valence-electron chi connectivity index (χ0n) is 26.2. The van der Waals surface area contributed by atoms with Crippen LogP contribution in [0.4, 0.5) is 10.5 Å². The van der Waals surface area contributed by atoms with Crippen molar-refractivity contribution in [3.05, 3.63) is 59.5 Å². The average molecular weight is 645 g/mol. The highest BCUT2D eigenvalue weighted by atomic mass is 32.2. The zero-order chi connectivity index (χ0) is 32.1. The first kappa shape index (κ1) is 33.9. The largest absolute Gasteiger partial charge is 0.356 e. The molecule has 13 heteroatoms. The number of hydrogen-bond donors (Lipinski definition) is 5. The van der Waals surface area contributed by atoms with Crippen LogP contribution in [0.15, 0.2) is 53.7 Å². The van der Waals surface area contributed by atoms with Crippen LogP contribution in [0.2, 0.25) is 0 Å². The van der Waals surface area contributed by atoms with Gasteiger partial charge in [0.1, 0.15) is 0 Å². The first-order valence-electron chi connectivity index (χ1n) is 14.8. The molecule has 11 nitrogen and oxygen atoms in total. The molecule has 44 heavy (non-hydrogen) atoms. The number of carbonyl (C=O) groups is 1. The standard InChI is InChI=1S/C31H44N6O5S2/c1-30(2,3)37-44(40,41)26-17-22(35-28(38)34-18-23-9-7-8-16-32-23)14-15-24(26)25-19-33-27(43-25)20-10-12-21(13-11-20)36-29(39)42-31(4,5)6/h7-9,14-17,19-21,29,36-37,39H,10-13,18H2,1-6H3,(H2,34,35,38). The molecule has 1 saturated carbocycles. The third-order valence-corrected chi connectivity index (χ3v) is 9.83. The molecule has 3 aromatic rings. The van der Waals surface area contributed by atoms with Crippen molar-refractivity contribution in [3.63, 3.8) is 0 Å². The number of hydrogen-bond acceptors (Lipinski definition) is 9. The zero-order valence-corrected chi connectivity index (χ0v) is 27.8. The highest BCUT2D eigenvalue weighted by Crippen LogP contribution is 2.40. The number of benzene rings is 1. The molecule has 1 aliphatic rings. The summed E-state index contributed by atoms with van der Waals surface area (Å²) >= 11 is 1.48. The smallest absolute Gasteiger partial charge is 0.319 e. The maximum Gasteiger partial charge on any atom is 0.319 e. The number of aliphatic hydroxyl groups excluding tert-OH is 1. The van der Waals surface area contributed by atoms with Crippen molar-refractivity contribution in [2.45, 2.75) is 108 Å². The van der Waals surface area contributed by atoms with Gasteiger partial charge in [-0.1, -0.05) is 12.1 Å². The molecule has 0 saturated heterocycles. The summed E-state index contributed by atoms with van der Waals surface area (Å²) in [4.78, 5) is 22.3. The van der Waals surface area contributed by atoms with Crippen LogP contribution in [0, 0.1) is 0 Å². The van der Waals surface area contributed by atoms with Crippen LogP contribution in [0.25, 0.3) is 10.4 Å². The van der Waals surface area contributed by atoms with Crippen molar-refractivity contribution in [3.8, 4) is 10.4 Å². The summed E-state index contributed by atoms with van der Waals surface area (Å²) in [5, 5.41) is 19.8. The topological polar surface area (TPSA) is 155 Å². The number of aliphatic hydroxyl groups is 1. The fourth-order valence-electron chi connectivity index (χ4n) is 5.01. The quantitative estimate of drug-likeness (QED) is 0.186. The Morgan fingerprint density at radius 2 is 1.80 bits per heavy atom. The van der Waals surface area contributed by atoms with E-state index < -0.39 is 33.6 Å². The summed E-state index contributed by atoms with van der Waals surface area (Å²) in [6.45, 7) is 11.3. The predicted molar refractivity (Wildman–Crippen MR) is 173 cm³/mol. The van der Waals surface area contributed by atoms with Crippen molar-refractivity contribution >= 4 is 33.1 Å². The normalized spacial score (nSPS) is 18.5. The Labute approximate surface area is 264 Å². The molecule has 2 amide bonds. The maximum absolute atomic E-state index is 13.6. The lowest BCUT2D eigenvalue weighted by Gasteiger charge is -2.32. The SMILES string of the molecule is CC(C)(C)NS(=O)(=O)c1cc(NC(=O)NCc2ccccn2)ccc1-c1cnc(C2CCC(NC(O)OC(C)(C)C)CC2)s1. The lowest BCUT2D eigenvalue weighted by Crippen LogP contribution is -2.44. The van der Waals surface area contributed by atoms with Crippen molar-refractivity contribution in [2.75, 3.05) is 5.32 Å². The number of ether oxygens (including phenoxy) is 1. The Balaban J connectivity index is 1.49. The highest BCUT2D eigenvalue weighted by Gasteiger charge is 2.29. The van der Waals surface area contributed by atoms with Gasteiger partial charge in [0.15, 0.2) is 0 Å². The van der Waals surface area contributed by atoms with Gasteiger partial charge in [-0.05, 0) is 91.5 Å². The fraction of sp³-hybridized carbons (Fsp3) is 0.516. The molecule has 1 unspecified atom stereocenters. The predicted octanol–water partition coefficient (Wildman–Crippen LogP) is 5.31. The Kier molecular flexibility index (Phi) is 10.8. The Morgan fingerprint density at radius 1 is 1.07 bits per heavy atom. The summed E-state index contributed by atoms with van der Waals surface area (Å²) in [5.41, 5.74) is 0.401. The number of carbonyl (C=O) groups excluding carboxylic acids is 1. The number of nitrogens with one attached hydrogen (secondary N) is 4. The summed E-state index contributed by atoms with van der Waals surface area (Å²) in [7, 11) is -3.95. The monoisotopic (exact) mass is 644 g/mol. The number of anilines is 1. The van der Waals surface area contributed by atoms with Gasteiger partial charge in [0.25, 0.3) is 0 Å². The summed E-state index contributed by atoms with van der Waals surface area (Å²) < 4.78 is 35.5. The summed E-state index contributed by atoms with van der Waals surface area (Å²) in [6, 6.07) is 9.98. The molecular weight excluding hydrogens is 601 g/mol. The molecule has 0 radical (unpaired) electrons. The first-order valence-corrected chi connectivity index (χ1v) is 17.1. The lowest BCUT2D eigenvalue weighted by molar-refractivity contribution is -0.186. The Morgan fingerprint density at radius 3 is 2.43 bits per heavy atom. The van der Waals surface area contributed by atoms with Crippen molar-refractivity contribution < 1.29 is 23.1 Å². The number of thiazole rings is 1. The molecular formula is C31H44N6O5S2. The van der Waals surface area contributed by atoms with Gasteiger partial charge in [0, 0.05) is 41.1 Å². The van der Waals surface area contributed by atoms with E-state index in [-0.39, 0.29) is 23.4 Å².